The maximum atomic E-state index is 9.58. The van der Waals surface area contributed by atoms with E-state index in [0.29, 0.717) is 0 Å². The van der Waals surface area contributed by atoms with E-state index in [1.165, 1.54) is 0 Å². The molecule has 0 aliphatic rings. The van der Waals surface area contributed by atoms with Gasteiger partial charge in [0.2, 0.25) is 0 Å². The minimum atomic E-state index is -3.08. The average Bonchev–Trinajstić information content (AvgIpc) is 0.811. The number of rotatable bonds is 0. The molecule has 5 heavy (non-hydrogen) atoms. The Bertz CT molecular complexity index is 11.6. The summed E-state index contributed by atoms with van der Waals surface area (Å²) in [5.74, 6) is 0. The molecule has 0 aromatic heterocycles. The summed E-state index contributed by atoms with van der Waals surface area (Å²) in [6.45, 7) is -3.08. The van der Waals surface area contributed by atoms with Crippen molar-refractivity contribution >= 4 is 29.6 Å². The van der Waals surface area contributed by atoms with Gasteiger partial charge in [-0.2, -0.15) is 13.2 Å². The van der Waals surface area contributed by atoms with Crippen LogP contribution in [0.15, 0.2) is 0 Å². The van der Waals surface area contributed by atoms with Gasteiger partial charge in [0, 0.05) is 0 Å². The van der Waals surface area contributed by atoms with Gasteiger partial charge in [-0.1, -0.05) is 0 Å². The standard InChI is InChI=1S/CF3.Na.H/c2-1(3)4;;. The quantitative estimate of drug-likeness (QED) is 0.386. The average molecular weight is 93.0 g/mol. The summed E-state index contributed by atoms with van der Waals surface area (Å²) in [5.41, 5.74) is 0. The van der Waals surface area contributed by atoms with E-state index in [4.69, 9.17) is 0 Å². The van der Waals surface area contributed by atoms with Crippen LogP contribution < -0.4 is 0 Å². The fourth-order valence-electron chi connectivity index (χ4n) is 0. The van der Waals surface area contributed by atoms with E-state index in [0.717, 1.165) is 0 Å². The van der Waals surface area contributed by atoms with Crippen molar-refractivity contribution in [3.63, 3.8) is 0 Å². The second-order valence-corrected chi connectivity index (χ2v) is 0.214. The van der Waals surface area contributed by atoms with Crippen molar-refractivity contribution in [3.8, 4) is 0 Å². The van der Waals surface area contributed by atoms with Gasteiger partial charge in [0.25, 0.3) is 0 Å². The van der Waals surface area contributed by atoms with E-state index in [-0.39, 0.29) is 29.6 Å². The van der Waals surface area contributed by atoms with E-state index in [1.54, 1.807) is 0 Å². The first kappa shape index (κ1) is 9.25. The molecule has 0 unspecified atom stereocenters. The van der Waals surface area contributed by atoms with Crippen LogP contribution in [0.25, 0.3) is 0 Å². The fraction of sp³-hybridized carbons (Fsp3) is 0. The molecule has 4 heteroatoms. The predicted molar refractivity (Wildman–Crippen MR) is 13.7 cm³/mol. The molecule has 0 amide bonds. The van der Waals surface area contributed by atoms with Crippen molar-refractivity contribution in [1.82, 2.24) is 0 Å². The van der Waals surface area contributed by atoms with E-state index in [1.807, 2.05) is 0 Å². The van der Waals surface area contributed by atoms with Crippen LogP contribution in [-0.2, 0) is 0 Å². The second kappa shape index (κ2) is 4.79. The molecule has 0 N–H and O–H groups in total. The van der Waals surface area contributed by atoms with Gasteiger partial charge in [0.05, 0.1) is 0 Å². The van der Waals surface area contributed by atoms with Gasteiger partial charge in [-0.15, -0.1) is 0 Å². The molecule has 0 aromatic carbocycles. The fourth-order valence-corrected chi connectivity index (χ4v) is 0. The second-order valence-electron chi connectivity index (χ2n) is 0.214. The first-order chi connectivity index (χ1) is 1.73. The van der Waals surface area contributed by atoms with Gasteiger partial charge in [0.15, 0.2) is 0 Å². The molecule has 0 saturated heterocycles. The Labute approximate surface area is 49.6 Å². The summed E-state index contributed by atoms with van der Waals surface area (Å²) in [7, 11) is 0. The zero-order valence-corrected chi connectivity index (χ0v) is 1.63. The molecule has 0 aliphatic heterocycles. The number of halogens is 3. The molecular formula is CHF3Na. The third-order valence-electron chi connectivity index (χ3n) is 0. The first-order valence-electron chi connectivity index (χ1n) is 0.567. The molecule has 0 aliphatic carbocycles. The van der Waals surface area contributed by atoms with Crippen LogP contribution in [0.4, 0.5) is 13.2 Å². The van der Waals surface area contributed by atoms with E-state index in [2.05, 4.69) is 0 Å². The van der Waals surface area contributed by atoms with E-state index in [9.17, 15) is 13.2 Å². The zero-order chi connectivity index (χ0) is 3.58. The summed E-state index contributed by atoms with van der Waals surface area (Å²) >= 11 is 0. The third kappa shape index (κ3) is 59.7. The van der Waals surface area contributed by atoms with Crippen LogP contribution >= 0.6 is 0 Å². The van der Waals surface area contributed by atoms with Crippen LogP contribution in [0, 0.1) is 6.68 Å². The Morgan fingerprint density at radius 2 is 1.00 bits per heavy atom. The molecule has 0 fully saturated rings. The number of hydrogen-bond acceptors (Lipinski definition) is 0. The molecule has 27 valence electrons. The Morgan fingerprint density at radius 1 is 1.00 bits per heavy atom. The Morgan fingerprint density at radius 3 is 1.00 bits per heavy atom. The van der Waals surface area contributed by atoms with Gasteiger partial charge in [-0.25, -0.2) is 0 Å². The van der Waals surface area contributed by atoms with Crippen LogP contribution in [0.5, 0.6) is 0 Å². The molecule has 1 radical (unpaired) electrons. The van der Waals surface area contributed by atoms with Gasteiger partial charge < -0.3 is 0 Å². The molecule has 0 saturated carbocycles. The summed E-state index contributed by atoms with van der Waals surface area (Å²) in [6, 6.07) is 0. The summed E-state index contributed by atoms with van der Waals surface area (Å²) in [5, 5.41) is 0. The van der Waals surface area contributed by atoms with E-state index < -0.39 is 6.68 Å². The SMILES string of the molecule is F[C](F)F.[NaH]. The van der Waals surface area contributed by atoms with Gasteiger partial charge >= 0.3 is 36.2 Å². The van der Waals surface area contributed by atoms with Crippen LogP contribution in [-0.4, -0.2) is 29.6 Å². The van der Waals surface area contributed by atoms with Crippen molar-refractivity contribution in [1.29, 1.82) is 0 Å². The molecule has 0 aromatic rings. The predicted octanol–water partition coefficient (Wildman–Crippen LogP) is 0.693. The molecule has 0 heterocycles. The Hall–Kier alpha value is 0.790. The van der Waals surface area contributed by atoms with Gasteiger partial charge in [0.1, 0.15) is 0 Å². The maximum absolute atomic E-state index is 9.58. The monoisotopic (exact) mass is 93.0 g/mol. The first-order valence-corrected chi connectivity index (χ1v) is 0.567. The summed E-state index contributed by atoms with van der Waals surface area (Å²) in [4.78, 5) is 0. The van der Waals surface area contributed by atoms with Crippen LogP contribution in [0.1, 0.15) is 0 Å². The van der Waals surface area contributed by atoms with Crippen molar-refractivity contribution < 1.29 is 13.2 Å². The van der Waals surface area contributed by atoms with Crippen molar-refractivity contribution in [3.05, 3.63) is 6.68 Å². The normalized spacial score (nSPS) is 7.20. The molecule has 0 atom stereocenters. The van der Waals surface area contributed by atoms with Gasteiger partial charge in [-0.3, -0.25) is 0 Å². The Balaban J connectivity index is 0. The van der Waals surface area contributed by atoms with Crippen LogP contribution in [0.3, 0.4) is 0 Å². The van der Waals surface area contributed by atoms with E-state index >= 15 is 0 Å². The summed E-state index contributed by atoms with van der Waals surface area (Å²) < 4.78 is 28.8. The summed E-state index contributed by atoms with van der Waals surface area (Å²) in [6.07, 6.45) is 0. The van der Waals surface area contributed by atoms with Gasteiger partial charge in [-0.05, 0) is 0 Å². The minimum absolute atomic E-state index is 0. The molecule has 0 bridgehead atoms. The topological polar surface area (TPSA) is 0 Å². The molecule has 0 rings (SSSR count). The van der Waals surface area contributed by atoms with Crippen molar-refractivity contribution in [2.45, 2.75) is 0 Å². The van der Waals surface area contributed by atoms with Crippen LogP contribution in [0.2, 0.25) is 0 Å². The number of hydrogen-bond donors (Lipinski definition) is 0. The third-order valence-corrected chi connectivity index (χ3v) is 0. The molecular weight excluding hydrogens is 92.0 g/mol. The van der Waals surface area contributed by atoms with Crippen molar-refractivity contribution in [2.75, 3.05) is 0 Å². The van der Waals surface area contributed by atoms with Crippen molar-refractivity contribution in [2.24, 2.45) is 0 Å². The molecule has 0 spiro atoms. The zero-order valence-electron chi connectivity index (χ0n) is 1.63. The Kier molecular flexibility index (Phi) is 8.86. The molecule has 0 nitrogen and oxygen atoms in total.